The van der Waals surface area contributed by atoms with Crippen LogP contribution in [0.1, 0.15) is 41.6 Å². The summed E-state index contributed by atoms with van der Waals surface area (Å²) >= 11 is 0. The average molecular weight is 472 g/mol. The number of hydrogen-bond acceptors (Lipinski definition) is 7. The van der Waals surface area contributed by atoms with Crippen LogP contribution in [0.15, 0.2) is 36.9 Å². The van der Waals surface area contributed by atoms with E-state index in [4.69, 9.17) is 0 Å². The van der Waals surface area contributed by atoms with E-state index in [2.05, 4.69) is 37.4 Å². The van der Waals surface area contributed by atoms with Gasteiger partial charge in [0.15, 0.2) is 11.4 Å². The molecule has 2 bridgehead atoms. The van der Waals surface area contributed by atoms with Crippen molar-refractivity contribution in [2.45, 2.75) is 44.9 Å². The van der Waals surface area contributed by atoms with Gasteiger partial charge in [-0.05, 0) is 43.7 Å². The lowest BCUT2D eigenvalue weighted by molar-refractivity contribution is -0.141. The van der Waals surface area contributed by atoms with Crippen molar-refractivity contribution in [1.82, 2.24) is 34.8 Å². The molecule has 2 saturated heterocycles. The van der Waals surface area contributed by atoms with E-state index in [9.17, 15) is 18.0 Å². The molecule has 0 aromatic carbocycles. The predicted molar refractivity (Wildman–Crippen MR) is 115 cm³/mol. The van der Waals surface area contributed by atoms with Crippen molar-refractivity contribution in [2.75, 3.05) is 11.9 Å². The summed E-state index contributed by atoms with van der Waals surface area (Å²) in [4.78, 5) is 28.9. The number of rotatable bonds is 5. The maximum Gasteiger partial charge on any atom is 0.434 e. The zero-order chi connectivity index (χ0) is 24.0. The first-order valence-electron chi connectivity index (χ1n) is 11.0. The van der Waals surface area contributed by atoms with Gasteiger partial charge in [-0.2, -0.15) is 23.4 Å². The molecular formula is C22H23F3N8O. The first-order chi connectivity index (χ1) is 16.2. The van der Waals surface area contributed by atoms with E-state index in [0.717, 1.165) is 19.0 Å². The second-order valence-corrected chi connectivity index (χ2v) is 8.83. The number of aromatic nitrogens is 6. The summed E-state index contributed by atoms with van der Waals surface area (Å²) in [6.45, 7) is 4.25. The van der Waals surface area contributed by atoms with Crippen molar-refractivity contribution >= 4 is 11.7 Å². The summed E-state index contributed by atoms with van der Waals surface area (Å²) in [6.07, 6.45) is 2.13. The van der Waals surface area contributed by atoms with Gasteiger partial charge < -0.3 is 10.2 Å². The van der Waals surface area contributed by atoms with E-state index < -0.39 is 11.9 Å². The lowest BCUT2D eigenvalue weighted by Crippen LogP contribution is -2.64. The maximum atomic E-state index is 13.8. The number of amides is 1. The van der Waals surface area contributed by atoms with Gasteiger partial charge in [0, 0.05) is 18.3 Å². The quantitative estimate of drug-likeness (QED) is 0.609. The van der Waals surface area contributed by atoms with Crippen LogP contribution >= 0.6 is 0 Å². The van der Waals surface area contributed by atoms with Crippen LogP contribution in [0.3, 0.4) is 0 Å². The molecule has 1 aliphatic carbocycles. The van der Waals surface area contributed by atoms with Gasteiger partial charge in [-0.25, -0.2) is 15.0 Å². The molecule has 1 N–H and O–H groups in total. The van der Waals surface area contributed by atoms with Crippen LogP contribution in [0.5, 0.6) is 0 Å². The Hall–Kier alpha value is -3.57. The third kappa shape index (κ3) is 3.97. The van der Waals surface area contributed by atoms with Crippen LogP contribution < -0.4 is 5.32 Å². The van der Waals surface area contributed by atoms with Gasteiger partial charge in [-0.15, -0.1) is 4.80 Å². The SMILES string of the molecule is Cc1ccc(-n2nccn2)c(C(=O)N2C3CC(C3)[C@H](C)[C@@H]2CNc2cnc(C(F)(F)F)cn2)n1. The molecule has 3 aromatic heterocycles. The summed E-state index contributed by atoms with van der Waals surface area (Å²) in [5, 5.41) is 11.4. The summed E-state index contributed by atoms with van der Waals surface area (Å²) in [6, 6.07) is 3.47. The molecule has 6 rings (SSSR count). The summed E-state index contributed by atoms with van der Waals surface area (Å²) in [5.74, 6) is 0.704. The molecule has 3 aromatic rings. The molecule has 1 saturated carbocycles. The summed E-state index contributed by atoms with van der Waals surface area (Å²) in [7, 11) is 0. The normalized spacial score (nSPS) is 24.0. The minimum Gasteiger partial charge on any atom is -0.367 e. The number of nitrogens with zero attached hydrogens (tertiary/aromatic N) is 7. The number of halogens is 3. The van der Waals surface area contributed by atoms with Crippen LogP contribution in [-0.4, -0.2) is 59.4 Å². The van der Waals surface area contributed by atoms with Gasteiger partial charge in [-0.3, -0.25) is 4.79 Å². The number of alkyl halides is 3. The fourth-order valence-electron chi connectivity index (χ4n) is 4.83. The van der Waals surface area contributed by atoms with Crippen molar-refractivity contribution in [1.29, 1.82) is 0 Å². The highest BCUT2D eigenvalue weighted by Gasteiger charge is 2.51. The van der Waals surface area contributed by atoms with Crippen molar-refractivity contribution < 1.29 is 18.0 Å². The molecule has 1 amide bonds. The molecule has 0 unspecified atom stereocenters. The van der Waals surface area contributed by atoms with Crippen LogP contribution in [-0.2, 0) is 6.18 Å². The molecule has 3 aliphatic rings. The van der Waals surface area contributed by atoms with Gasteiger partial charge in [0.1, 0.15) is 11.5 Å². The van der Waals surface area contributed by atoms with Gasteiger partial charge in [0.2, 0.25) is 0 Å². The Balaban J connectivity index is 1.40. The lowest BCUT2D eigenvalue weighted by atomic mass is 9.64. The van der Waals surface area contributed by atoms with Gasteiger partial charge >= 0.3 is 6.18 Å². The van der Waals surface area contributed by atoms with Crippen LogP contribution in [0, 0.1) is 18.8 Å². The highest BCUT2D eigenvalue weighted by molar-refractivity contribution is 5.96. The Bertz CT molecular complexity index is 1180. The number of nitrogens with one attached hydrogen (secondary N) is 1. The standard InChI is InChI=1S/C22H23F3N8O/c1-12-3-4-16(33-29-5-6-30-33)20(31-12)21(34)32-15-7-14(8-15)13(2)17(32)9-27-19-11-26-18(10-28-19)22(23,24)25/h3-6,10-11,13-15,17H,7-9H2,1-2H3,(H,27,28)/t13-,14?,15?,17-/m0/s1. The van der Waals surface area contributed by atoms with Crippen LogP contribution in [0.2, 0.25) is 0 Å². The lowest BCUT2D eigenvalue weighted by Gasteiger charge is -2.57. The largest absolute Gasteiger partial charge is 0.434 e. The molecule has 2 atom stereocenters. The van der Waals surface area contributed by atoms with Crippen molar-refractivity contribution in [3.63, 3.8) is 0 Å². The average Bonchev–Trinajstić information content (AvgIpc) is 3.31. The number of pyridine rings is 1. The first kappa shape index (κ1) is 22.2. The zero-order valence-corrected chi connectivity index (χ0v) is 18.6. The van der Waals surface area contributed by atoms with Crippen LogP contribution in [0.4, 0.5) is 19.0 Å². The topological polar surface area (TPSA) is 102 Å². The number of anilines is 1. The molecule has 5 heterocycles. The van der Waals surface area contributed by atoms with E-state index in [-0.39, 0.29) is 35.4 Å². The number of hydrogen-bond donors (Lipinski definition) is 1. The highest BCUT2D eigenvalue weighted by Crippen LogP contribution is 2.47. The summed E-state index contributed by atoms with van der Waals surface area (Å²) < 4.78 is 38.3. The first-order valence-corrected chi connectivity index (χ1v) is 11.0. The van der Waals surface area contributed by atoms with Gasteiger partial charge in [0.05, 0.1) is 30.8 Å². The second-order valence-electron chi connectivity index (χ2n) is 8.83. The Kier molecular flexibility index (Phi) is 5.45. The predicted octanol–water partition coefficient (Wildman–Crippen LogP) is 3.13. The number of fused-ring (bicyclic) bond motifs is 2. The Morgan fingerprint density at radius 1 is 1.15 bits per heavy atom. The Labute approximate surface area is 193 Å². The Morgan fingerprint density at radius 3 is 2.53 bits per heavy atom. The smallest absolute Gasteiger partial charge is 0.367 e. The third-order valence-electron chi connectivity index (χ3n) is 6.77. The van der Waals surface area contributed by atoms with Gasteiger partial charge in [-0.1, -0.05) is 6.92 Å². The number of carbonyl (C=O) groups excluding carboxylic acids is 1. The van der Waals surface area contributed by atoms with E-state index in [0.29, 0.717) is 30.0 Å². The molecule has 2 aliphatic heterocycles. The summed E-state index contributed by atoms with van der Waals surface area (Å²) in [5.41, 5.74) is 0.418. The van der Waals surface area contributed by atoms with E-state index in [1.165, 1.54) is 17.2 Å². The molecule has 3 fully saturated rings. The Morgan fingerprint density at radius 2 is 1.88 bits per heavy atom. The monoisotopic (exact) mass is 472 g/mol. The molecule has 12 heteroatoms. The minimum absolute atomic E-state index is 0.0833. The number of aryl methyl sites for hydroxylation is 1. The molecule has 34 heavy (non-hydrogen) atoms. The zero-order valence-electron chi connectivity index (χ0n) is 18.6. The van der Waals surface area contributed by atoms with E-state index in [1.807, 2.05) is 11.8 Å². The minimum atomic E-state index is -4.55. The van der Waals surface area contributed by atoms with Crippen molar-refractivity contribution in [3.05, 3.63) is 54.0 Å². The van der Waals surface area contributed by atoms with Crippen molar-refractivity contribution in [2.24, 2.45) is 11.8 Å². The number of carbonyl (C=O) groups is 1. The fourth-order valence-corrected chi connectivity index (χ4v) is 4.83. The molecule has 178 valence electrons. The highest BCUT2D eigenvalue weighted by atomic mass is 19.4. The molecular weight excluding hydrogens is 449 g/mol. The maximum absolute atomic E-state index is 13.8. The second kappa shape index (κ2) is 8.33. The fraction of sp³-hybridized carbons (Fsp3) is 0.455. The molecule has 0 spiro atoms. The molecule has 0 radical (unpaired) electrons. The third-order valence-corrected chi connectivity index (χ3v) is 6.77. The van der Waals surface area contributed by atoms with Crippen molar-refractivity contribution in [3.8, 4) is 5.69 Å². The van der Waals surface area contributed by atoms with E-state index >= 15 is 0 Å². The van der Waals surface area contributed by atoms with Gasteiger partial charge in [0.25, 0.3) is 5.91 Å². The van der Waals surface area contributed by atoms with E-state index in [1.54, 1.807) is 12.1 Å². The van der Waals surface area contributed by atoms with Crippen LogP contribution in [0.25, 0.3) is 5.69 Å². The molecule has 9 nitrogen and oxygen atoms in total. The number of piperidine rings is 2.